The van der Waals surface area contributed by atoms with Gasteiger partial charge >= 0.3 is 0 Å². The smallest absolute Gasteiger partial charge is 0.248 e. The van der Waals surface area contributed by atoms with Gasteiger partial charge in [-0.1, -0.05) is 6.07 Å². The first-order valence-electron chi connectivity index (χ1n) is 6.55. The van der Waals surface area contributed by atoms with Crippen molar-refractivity contribution in [2.75, 3.05) is 0 Å². The predicted molar refractivity (Wildman–Crippen MR) is 81.2 cm³/mol. The summed E-state index contributed by atoms with van der Waals surface area (Å²) in [6.07, 6.45) is 1.65. The molecule has 0 unspecified atom stereocenters. The molecule has 0 aliphatic heterocycles. The maximum absolute atomic E-state index is 11.5. The lowest BCUT2D eigenvalue weighted by Crippen LogP contribution is -2.11. The Balaban J connectivity index is 2.42. The molecule has 0 fully saturated rings. The Hall–Kier alpha value is -2.82. The van der Waals surface area contributed by atoms with Gasteiger partial charge in [0.15, 0.2) is 0 Å². The summed E-state index contributed by atoms with van der Waals surface area (Å²) in [6.45, 7) is 3.80. The van der Waals surface area contributed by atoms with Gasteiger partial charge in [-0.15, -0.1) is 0 Å². The van der Waals surface area contributed by atoms with E-state index in [1.807, 2.05) is 19.9 Å². The lowest BCUT2D eigenvalue weighted by atomic mass is 9.92. The number of rotatable bonds is 2. The van der Waals surface area contributed by atoms with Gasteiger partial charge in [0.2, 0.25) is 5.91 Å². The SMILES string of the molecule is Cc1ccc(O)c(C)c1-c1cc(C(N)=O)cc2cn[nH]c12. The van der Waals surface area contributed by atoms with Gasteiger partial charge in [-0.05, 0) is 48.7 Å². The quantitative estimate of drug-likeness (QED) is 0.674. The predicted octanol–water partition coefficient (Wildman–Crippen LogP) is 2.65. The first-order chi connectivity index (χ1) is 9.99. The Morgan fingerprint density at radius 3 is 2.76 bits per heavy atom. The van der Waals surface area contributed by atoms with E-state index in [1.54, 1.807) is 24.4 Å². The number of H-pyrrole nitrogens is 1. The maximum atomic E-state index is 11.5. The van der Waals surface area contributed by atoms with Crippen molar-refractivity contribution in [1.29, 1.82) is 0 Å². The van der Waals surface area contributed by atoms with Gasteiger partial charge in [-0.3, -0.25) is 9.89 Å². The minimum Gasteiger partial charge on any atom is -0.508 e. The molecule has 4 N–H and O–H groups in total. The maximum Gasteiger partial charge on any atom is 0.248 e. The van der Waals surface area contributed by atoms with E-state index < -0.39 is 5.91 Å². The number of fused-ring (bicyclic) bond motifs is 1. The highest BCUT2D eigenvalue weighted by Gasteiger charge is 2.16. The van der Waals surface area contributed by atoms with Crippen LogP contribution in [0.3, 0.4) is 0 Å². The average Bonchev–Trinajstić information content (AvgIpc) is 2.91. The number of phenolic OH excluding ortho intramolecular Hbond substituents is 1. The minimum atomic E-state index is -0.491. The van der Waals surface area contributed by atoms with E-state index in [9.17, 15) is 9.90 Å². The third-order valence-electron chi connectivity index (χ3n) is 3.75. The van der Waals surface area contributed by atoms with Gasteiger partial charge in [-0.2, -0.15) is 5.10 Å². The third kappa shape index (κ3) is 2.03. The number of primary amides is 1. The molecule has 0 radical (unpaired) electrons. The fourth-order valence-corrected chi connectivity index (χ4v) is 2.65. The number of aromatic hydroxyl groups is 1. The monoisotopic (exact) mass is 281 g/mol. The number of phenols is 1. The van der Waals surface area contributed by atoms with Crippen LogP contribution in [0.1, 0.15) is 21.5 Å². The number of carbonyl (C=O) groups is 1. The average molecular weight is 281 g/mol. The molecule has 3 aromatic rings. The third-order valence-corrected chi connectivity index (χ3v) is 3.75. The zero-order valence-corrected chi connectivity index (χ0v) is 11.8. The number of nitrogens with zero attached hydrogens (tertiary/aromatic N) is 1. The van der Waals surface area contributed by atoms with Gasteiger partial charge < -0.3 is 10.8 Å². The fraction of sp³-hybridized carbons (Fsp3) is 0.125. The summed E-state index contributed by atoms with van der Waals surface area (Å²) < 4.78 is 0. The van der Waals surface area contributed by atoms with Gasteiger partial charge in [-0.25, -0.2) is 0 Å². The molecule has 1 aromatic heterocycles. The number of aromatic nitrogens is 2. The van der Waals surface area contributed by atoms with Crippen LogP contribution < -0.4 is 5.73 Å². The number of aryl methyl sites for hydroxylation is 1. The lowest BCUT2D eigenvalue weighted by Gasteiger charge is -2.13. The van der Waals surface area contributed by atoms with Crippen LogP contribution >= 0.6 is 0 Å². The van der Waals surface area contributed by atoms with Crippen LogP contribution in [0.4, 0.5) is 0 Å². The molecule has 0 aliphatic rings. The second-order valence-corrected chi connectivity index (χ2v) is 5.12. The van der Waals surface area contributed by atoms with E-state index in [1.165, 1.54) is 0 Å². The molecule has 2 aromatic carbocycles. The number of hydrogen-bond donors (Lipinski definition) is 3. The molecule has 5 nitrogen and oxygen atoms in total. The highest BCUT2D eigenvalue weighted by atomic mass is 16.3. The highest BCUT2D eigenvalue weighted by molar-refractivity contribution is 6.03. The van der Waals surface area contributed by atoms with Crippen molar-refractivity contribution >= 4 is 16.8 Å². The number of aromatic amines is 1. The number of nitrogens with one attached hydrogen (secondary N) is 1. The van der Waals surface area contributed by atoms with E-state index in [0.717, 1.165) is 33.2 Å². The standard InChI is InChI=1S/C16H15N3O2/c1-8-3-4-13(20)9(2)14(8)12-6-10(16(17)21)5-11-7-18-19-15(11)12/h3-7,20H,1-2H3,(H2,17,21)(H,18,19). The van der Waals surface area contributed by atoms with Crippen LogP contribution in [0.5, 0.6) is 5.75 Å². The molecule has 0 bridgehead atoms. The number of amides is 1. The molecular formula is C16H15N3O2. The second kappa shape index (κ2) is 4.63. The number of nitrogens with two attached hydrogens (primary N) is 1. The number of carbonyl (C=O) groups excluding carboxylic acids is 1. The Kier molecular flexibility index (Phi) is 2.90. The van der Waals surface area contributed by atoms with E-state index in [0.29, 0.717) is 5.56 Å². The van der Waals surface area contributed by atoms with E-state index in [4.69, 9.17) is 5.73 Å². The van der Waals surface area contributed by atoms with Crippen LogP contribution in [0.25, 0.3) is 22.0 Å². The Bertz CT molecular complexity index is 865. The lowest BCUT2D eigenvalue weighted by molar-refractivity contribution is 0.100. The Labute approximate surface area is 121 Å². The molecule has 0 atom stereocenters. The normalized spacial score (nSPS) is 11.0. The summed E-state index contributed by atoms with van der Waals surface area (Å²) in [5.41, 5.74) is 10.1. The van der Waals surface area contributed by atoms with E-state index in [2.05, 4.69) is 10.2 Å². The molecular weight excluding hydrogens is 266 g/mol. The molecule has 21 heavy (non-hydrogen) atoms. The van der Waals surface area contributed by atoms with E-state index in [-0.39, 0.29) is 5.75 Å². The minimum absolute atomic E-state index is 0.216. The van der Waals surface area contributed by atoms with Crippen molar-refractivity contribution in [3.63, 3.8) is 0 Å². The molecule has 1 amide bonds. The molecule has 0 saturated heterocycles. The van der Waals surface area contributed by atoms with Gasteiger partial charge in [0.1, 0.15) is 5.75 Å². The second-order valence-electron chi connectivity index (χ2n) is 5.12. The topological polar surface area (TPSA) is 92.0 Å². The van der Waals surface area contributed by atoms with Crippen molar-refractivity contribution in [3.8, 4) is 16.9 Å². The summed E-state index contributed by atoms with van der Waals surface area (Å²) in [5.74, 6) is -0.275. The summed E-state index contributed by atoms with van der Waals surface area (Å²) in [6, 6.07) is 6.95. The Morgan fingerprint density at radius 1 is 1.29 bits per heavy atom. The highest BCUT2D eigenvalue weighted by Crippen LogP contribution is 2.36. The van der Waals surface area contributed by atoms with Crippen LogP contribution in [0.15, 0.2) is 30.5 Å². The summed E-state index contributed by atoms with van der Waals surface area (Å²) in [7, 11) is 0. The van der Waals surface area contributed by atoms with Crippen molar-refractivity contribution in [2.24, 2.45) is 5.73 Å². The molecule has 0 saturated carbocycles. The van der Waals surface area contributed by atoms with Crippen molar-refractivity contribution in [3.05, 3.63) is 47.2 Å². The van der Waals surface area contributed by atoms with E-state index >= 15 is 0 Å². The van der Waals surface area contributed by atoms with Gasteiger partial charge in [0.05, 0.1) is 11.7 Å². The zero-order chi connectivity index (χ0) is 15.1. The van der Waals surface area contributed by atoms with Gasteiger partial charge in [0, 0.05) is 16.5 Å². The van der Waals surface area contributed by atoms with Crippen LogP contribution in [0, 0.1) is 13.8 Å². The van der Waals surface area contributed by atoms with Crippen LogP contribution in [0.2, 0.25) is 0 Å². The summed E-state index contributed by atoms with van der Waals surface area (Å²) in [4.78, 5) is 11.5. The van der Waals surface area contributed by atoms with Crippen molar-refractivity contribution in [2.45, 2.75) is 13.8 Å². The van der Waals surface area contributed by atoms with Crippen molar-refractivity contribution in [1.82, 2.24) is 10.2 Å². The Morgan fingerprint density at radius 2 is 2.05 bits per heavy atom. The molecule has 0 aliphatic carbocycles. The van der Waals surface area contributed by atoms with Crippen molar-refractivity contribution < 1.29 is 9.90 Å². The largest absolute Gasteiger partial charge is 0.508 e. The fourth-order valence-electron chi connectivity index (χ4n) is 2.65. The van der Waals surface area contributed by atoms with Crippen LogP contribution in [-0.4, -0.2) is 21.2 Å². The molecule has 0 spiro atoms. The molecule has 3 rings (SSSR count). The number of hydrogen-bond acceptors (Lipinski definition) is 3. The summed E-state index contributed by atoms with van der Waals surface area (Å²) >= 11 is 0. The molecule has 5 heteroatoms. The molecule has 106 valence electrons. The van der Waals surface area contributed by atoms with Crippen LogP contribution in [-0.2, 0) is 0 Å². The number of benzene rings is 2. The van der Waals surface area contributed by atoms with Gasteiger partial charge in [0.25, 0.3) is 0 Å². The zero-order valence-electron chi connectivity index (χ0n) is 11.8. The summed E-state index contributed by atoms with van der Waals surface area (Å²) in [5, 5.41) is 17.8. The first-order valence-corrected chi connectivity index (χ1v) is 6.55. The first kappa shape index (κ1) is 13.2. The molecule has 1 heterocycles.